The van der Waals surface area contributed by atoms with Crippen LogP contribution in [0.2, 0.25) is 0 Å². The first-order valence-corrected chi connectivity index (χ1v) is 7.52. The van der Waals surface area contributed by atoms with Gasteiger partial charge in [-0.3, -0.25) is 0 Å². The van der Waals surface area contributed by atoms with Crippen molar-refractivity contribution in [2.45, 2.75) is 40.0 Å². The van der Waals surface area contributed by atoms with Crippen molar-refractivity contribution in [3.63, 3.8) is 0 Å². The van der Waals surface area contributed by atoms with Crippen LogP contribution < -0.4 is 10.6 Å². The number of aryl methyl sites for hydroxylation is 1. The highest BCUT2D eigenvalue weighted by Gasteiger charge is 2.08. The van der Waals surface area contributed by atoms with Gasteiger partial charge in [0, 0.05) is 18.7 Å². The summed E-state index contributed by atoms with van der Waals surface area (Å²) in [6, 6.07) is 0. The van der Waals surface area contributed by atoms with Gasteiger partial charge < -0.3 is 15.5 Å². The maximum atomic E-state index is 4.50. The van der Waals surface area contributed by atoms with Crippen LogP contribution in [0.3, 0.4) is 0 Å². The van der Waals surface area contributed by atoms with Crippen molar-refractivity contribution in [2.24, 2.45) is 0 Å². The summed E-state index contributed by atoms with van der Waals surface area (Å²) in [5, 5.41) is 6.80. The summed E-state index contributed by atoms with van der Waals surface area (Å²) in [7, 11) is 4.22. The third-order valence-corrected chi connectivity index (χ3v) is 3.12. The molecule has 1 rings (SSSR count). The third kappa shape index (κ3) is 5.74. The fourth-order valence-corrected chi connectivity index (χ4v) is 1.98. The van der Waals surface area contributed by atoms with Gasteiger partial charge in [0.15, 0.2) is 0 Å². The Hall–Kier alpha value is -1.36. The second-order valence-electron chi connectivity index (χ2n) is 5.46. The zero-order valence-electron chi connectivity index (χ0n) is 13.6. The highest BCUT2D eigenvalue weighted by molar-refractivity contribution is 5.57. The Bertz CT molecular complexity index is 403. The average Bonchev–Trinajstić information content (AvgIpc) is 2.39. The van der Waals surface area contributed by atoms with Gasteiger partial charge in [-0.25, -0.2) is 9.97 Å². The minimum Gasteiger partial charge on any atom is -0.370 e. The first-order valence-electron chi connectivity index (χ1n) is 7.52. The van der Waals surface area contributed by atoms with Crippen LogP contribution in [0.15, 0.2) is 0 Å². The molecule has 20 heavy (non-hydrogen) atoms. The van der Waals surface area contributed by atoms with Gasteiger partial charge >= 0.3 is 0 Å². The van der Waals surface area contributed by atoms with Crippen molar-refractivity contribution >= 4 is 11.6 Å². The minimum absolute atomic E-state index is 0.810. The first-order chi connectivity index (χ1) is 9.54. The molecule has 1 aromatic heterocycles. The number of aromatic nitrogens is 2. The molecule has 0 amide bonds. The normalized spacial score (nSPS) is 10.9. The van der Waals surface area contributed by atoms with Gasteiger partial charge in [0.2, 0.25) is 0 Å². The van der Waals surface area contributed by atoms with Gasteiger partial charge in [-0.05, 0) is 53.8 Å². The van der Waals surface area contributed by atoms with E-state index in [1.807, 2.05) is 6.92 Å². The summed E-state index contributed by atoms with van der Waals surface area (Å²) in [6.07, 6.45) is 3.44. The number of unbranched alkanes of at least 4 members (excludes halogenated alkanes) is 1. The van der Waals surface area contributed by atoms with E-state index in [0.29, 0.717) is 0 Å². The van der Waals surface area contributed by atoms with Crippen molar-refractivity contribution in [1.82, 2.24) is 14.9 Å². The standard InChI is InChI=1S/C15H29N5/c1-6-9-16-14-12(2)15(19-13(3)18-14)17-10-7-8-11-20(4)5/h6-11H2,1-5H3,(H2,16,17,18,19). The molecule has 5 nitrogen and oxygen atoms in total. The van der Waals surface area contributed by atoms with Crippen LogP contribution in [0.5, 0.6) is 0 Å². The molecule has 1 heterocycles. The number of nitrogens with one attached hydrogen (secondary N) is 2. The van der Waals surface area contributed by atoms with E-state index in [0.717, 1.165) is 55.5 Å². The molecule has 114 valence electrons. The molecule has 0 aromatic carbocycles. The van der Waals surface area contributed by atoms with Crippen LogP contribution in [0, 0.1) is 13.8 Å². The summed E-state index contributed by atoms with van der Waals surface area (Å²) in [5.74, 6) is 2.72. The highest BCUT2D eigenvalue weighted by Crippen LogP contribution is 2.19. The van der Waals surface area contributed by atoms with Gasteiger partial charge in [-0.1, -0.05) is 6.92 Å². The molecule has 0 spiro atoms. The van der Waals surface area contributed by atoms with Crippen molar-refractivity contribution in [3.8, 4) is 0 Å². The summed E-state index contributed by atoms with van der Waals surface area (Å²) >= 11 is 0. The topological polar surface area (TPSA) is 53.1 Å². The second-order valence-corrected chi connectivity index (χ2v) is 5.46. The molecule has 0 aliphatic rings. The maximum absolute atomic E-state index is 4.50. The van der Waals surface area contributed by atoms with Gasteiger partial charge in [-0.2, -0.15) is 0 Å². The van der Waals surface area contributed by atoms with Crippen molar-refractivity contribution in [1.29, 1.82) is 0 Å². The van der Waals surface area contributed by atoms with Gasteiger partial charge in [0.25, 0.3) is 0 Å². The van der Waals surface area contributed by atoms with Crippen LogP contribution in [-0.4, -0.2) is 48.6 Å². The summed E-state index contributed by atoms with van der Waals surface area (Å²) in [4.78, 5) is 11.2. The van der Waals surface area contributed by atoms with E-state index in [2.05, 4.69) is 53.4 Å². The van der Waals surface area contributed by atoms with Crippen LogP contribution in [0.25, 0.3) is 0 Å². The van der Waals surface area contributed by atoms with Crippen molar-refractivity contribution < 1.29 is 0 Å². The zero-order valence-corrected chi connectivity index (χ0v) is 13.6. The Kier molecular flexibility index (Phi) is 7.30. The molecule has 1 aromatic rings. The molecule has 0 aliphatic carbocycles. The van der Waals surface area contributed by atoms with E-state index in [1.165, 1.54) is 6.42 Å². The Labute approximate surface area is 123 Å². The summed E-state index contributed by atoms with van der Waals surface area (Å²) in [6.45, 7) is 9.19. The van der Waals surface area contributed by atoms with Gasteiger partial charge in [-0.15, -0.1) is 0 Å². The lowest BCUT2D eigenvalue weighted by Crippen LogP contribution is -2.15. The Morgan fingerprint density at radius 1 is 0.950 bits per heavy atom. The van der Waals surface area contributed by atoms with Crippen LogP contribution in [0.4, 0.5) is 11.6 Å². The zero-order chi connectivity index (χ0) is 15.0. The Morgan fingerprint density at radius 3 is 2.10 bits per heavy atom. The number of hydrogen-bond acceptors (Lipinski definition) is 5. The van der Waals surface area contributed by atoms with Gasteiger partial charge in [0.1, 0.15) is 17.5 Å². The smallest absolute Gasteiger partial charge is 0.134 e. The molecule has 2 N–H and O–H groups in total. The summed E-state index contributed by atoms with van der Waals surface area (Å²) in [5.41, 5.74) is 1.11. The van der Waals surface area contributed by atoms with E-state index >= 15 is 0 Å². The first kappa shape index (κ1) is 16.7. The lowest BCUT2D eigenvalue weighted by molar-refractivity contribution is 0.396. The molecule has 0 saturated heterocycles. The molecule has 0 bridgehead atoms. The molecule has 0 radical (unpaired) electrons. The molecule has 5 heteroatoms. The molecule has 0 fully saturated rings. The number of anilines is 2. The largest absolute Gasteiger partial charge is 0.370 e. The van der Waals surface area contributed by atoms with E-state index in [1.54, 1.807) is 0 Å². The van der Waals surface area contributed by atoms with E-state index in [-0.39, 0.29) is 0 Å². The number of nitrogens with zero attached hydrogens (tertiary/aromatic N) is 3. The van der Waals surface area contributed by atoms with E-state index in [4.69, 9.17) is 0 Å². The monoisotopic (exact) mass is 279 g/mol. The molecular weight excluding hydrogens is 250 g/mol. The maximum Gasteiger partial charge on any atom is 0.134 e. The van der Waals surface area contributed by atoms with Crippen LogP contribution in [-0.2, 0) is 0 Å². The predicted molar refractivity (Wildman–Crippen MR) is 86.6 cm³/mol. The van der Waals surface area contributed by atoms with Crippen LogP contribution in [0.1, 0.15) is 37.6 Å². The Morgan fingerprint density at radius 2 is 1.55 bits per heavy atom. The van der Waals surface area contributed by atoms with Crippen LogP contribution >= 0.6 is 0 Å². The molecule has 0 atom stereocenters. The van der Waals surface area contributed by atoms with Crippen molar-refractivity contribution in [3.05, 3.63) is 11.4 Å². The molecule has 0 saturated carbocycles. The predicted octanol–water partition coefficient (Wildman–Crippen LogP) is 2.67. The second kappa shape index (κ2) is 8.74. The average molecular weight is 279 g/mol. The number of hydrogen-bond donors (Lipinski definition) is 2. The molecular formula is C15H29N5. The Balaban J connectivity index is 2.54. The number of rotatable bonds is 9. The fourth-order valence-electron chi connectivity index (χ4n) is 1.98. The molecule has 0 aliphatic heterocycles. The SMILES string of the molecule is CCCNc1nc(C)nc(NCCCCN(C)C)c1C. The lowest BCUT2D eigenvalue weighted by atomic mass is 10.2. The lowest BCUT2D eigenvalue weighted by Gasteiger charge is -2.14. The van der Waals surface area contributed by atoms with E-state index in [9.17, 15) is 0 Å². The van der Waals surface area contributed by atoms with Gasteiger partial charge in [0.05, 0.1) is 0 Å². The van der Waals surface area contributed by atoms with Crippen molar-refractivity contribution in [2.75, 3.05) is 44.4 Å². The molecule has 0 unspecified atom stereocenters. The summed E-state index contributed by atoms with van der Waals surface area (Å²) < 4.78 is 0. The minimum atomic E-state index is 0.810. The fraction of sp³-hybridized carbons (Fsp3) is 0.733. The highest BCUT2D eigenvalue weighted by atomic mass is 15.1. The van der Waals surface area contributed by atoms with E-state index < -0.39 is 0 Å². The third-order valence-electron chi connectivity index (χ3n) is 3.12. The quantitative estimate of drug-likeness (QED) is 0.681.